The molecule has 4 rings (SSSR count). The number of amides is 1. The van der Waals surface area contributed by atoms with E-state index in [1.165, 1.54) is 12.1 Å². The summed E-state index contributed by atoms with van der Waals surface area (Å²) in [6.07, 6.45) is 1.63. The highest BCUT2D eigenvalue weighted by molar-refractivity contribution is 5.99. The Labute approximate surface area is 167 Å². The molecule has 0 saturated carbocycles. The number of para-hydroxylation sites is 1. The topological polar surface area (TPSA) is 56.1 Å². The van der Waals surface area contributed by atoms with E-state index in [-0.39, 0.29) is 12.4 Å². The minimum atomic E-state index is -0.428. The maximum Gasteiger partial charge on any atom is 0.278 e. The van der Waals surface area contributed by atoms with Crippen molar-refractivity contribution in [1.29, 1.82) is 0 Å². The SMILES string of the molecule is O=C(NOCc1ccccc1)c1cn(-c2ccccc2)nc1-c1ccc(F)cc1. The van der Waals surface area contributed by atoms with Crippen molar-refractivity contribution in [2.75, 3.05) is 0 Å². The Kier molecular flexibility index (Phi) is 5.45. The van der Waals surface area contributed by atoms with Gasteiger partial charge in [-0.1, -0.05) is 48.5 Å². The normalized spacial score (nSPS) is 10.7. The summed E-state index contributed by atoms with van der Waals surface area (Å²) >= 11 is 0. The molecule has 0 unspecified atom stereocenters. The molecule has 0 bridgehead atoms. The molecule has 0 aliphatic rings. The van der Waals surface area contributed by atoms with Crippen LogP contribution in [0.25, 0.3) is 16.9 Å². The van der Waals surface area contributed by atoms with Gasteiger partial charge in [0.1, 0.15) is 11.5 Å². The molecule has 0 aliphatic heterocycles. The molecule has 144 valence electrons. The van der Waals surface area contributed by atoms with Crippen LogP contribution in [0.1, 0.15) is 15.9 Å². The van der Waals surface area contributed by atoms with Crippen molar-refractivity contribution in [3.8, 4) is 16.9 Å². The van der Waals surface area contributed by atoms with E-state index in [9.17, 15) is 9.18 Å². The van der Waals surface area contributed by atoms with Gasteiger partial charge in [0.15, 0.2) is 0 Å². The Bertz CT molecular complexity index is 1090. The molecular weight excluding hydrogens is 369 g/mol. The van der Waals surface area contributed by atoms with Gasteiger partial charge in [-0.15, -0.1) is 0 Å². The van der Waals surface area contributed by atoms with E-state index in [1.807, 2.05) is 60.7 Å². The highest BCUT2D eigenvalue weighted by Crippen LogP contribution is 2.24. The Morgan fingerprint density at radius 3 is 2.28 bits per heavy atom. The van der Waals surface area contributed by atoms with Crippen molar-refractivity contribution in [2.24, 2.45) is 0 Å². The number of hydroxylamine groups is 1. The molecule has 3 aromatic carbocycles. The van der Waals surface area contributed by atoms with Crippen LogP contribution in [-0.2, 0) is 11.4 Å². The van der Waals surface area contributed by atoms with Gasteiger partial charge < -0.3 is 0 Å². The highest BCUT2D eigenvalue weighted by Gasteiger charge is 2.19. The van der Waals surface area contributed by atoms with Crippen molar-refractivity contribution < 1.29 is 14.0 Å². The number of hydrogen-bond donors (Lipinski definition) is 1. The number of halogens is 1. The fourth-order valence-electron chi connectivity index (χ4n) is 2.89. The third-order valence-corrected chi connectivity index (χ3v) is 4.34. The first kappa shape index (κ1) is 18.6. The van der Waals surface area contributed by atoms with Crippen LogP contribution >= 0.6 is 0 Å². The largest absolute Gasteiger partial charge is 0.278 e. The lowest BCUT2D eigenvalue weighted by Crippen LogP contribution is -2.23. The van der Waals surface area contributed by atoms with Gasteiger partial charge in [-0.05, 0) is 42.0 Å². The monoisotopic (exact) mass is 387 g/mol. The summed E-state index contributed by atoms with van der Waals surface area (Å²) in [6, 6.07) is 24.8. The van der Waals surface area contributed by atoms with Crippen LogP contribution in [0.15, 0.2) is 91.1 Å². The molecule has 0 radical (unpaired) electrons. The molecule has 0 aliphatic carbocycles. The van der Waals surface area contributed by atoms with E-state index in [2.05, 4.69) is 10.6 Å². The average molecular weight is 387 g/mol. The van der Waals surface area contributed by atoms with E-state index < -0.39 is 5.91 Å². The zero-order chi connectivity index (χ0) is 20.1. The van der Waals surface area contributed by atoms with E-state index in [0.29, 0.717) is 16.8 Å². The zero-order valence-electron chi connectivity index (χ0n) is 15.5. The van der Waals surface area contributed by atoms with Crippen LogP contribution in [0.5, 0.6) is 0 Å². The lowest BCUT2D eigenvalue weighted by molar-refractivity contribution is 0.0234. The van der Waals surface area contributed by atoms with Crippen molar-refractivity contribution in [3.05, 3.63) is 108 Å². The zero-order valence-corrected chi connectivity index (χ0v) is 15.5. The van der Waals surface area contributed by atoms with Gasteiger partial charge in [-0.25, -0.2) is 14.6 Å². The number of benzene rings is 3. The van der Waals surface area contributed by atoms with Gasteiger partial charge in [-0.2, -0.15) is 5.10 Å². The quantitative estimate of drug-likeness (QED) is 0.494. The Morgan fingerprint density at radius 2 is 1.59 bits per heavy atom. The molecule has 1 heterocycles. The van der Waals surface area contributed by atoms with Crippen LogP contribution < -0.4 is 5.48 Å². The molecule has 0 atom stereocenters. The van der Waals surface area contributed by atoms with E-state index in [0.717, 1.165) is 11.3 Å². The van der Waals surface area contributed by atoms with E-state index in [1.54, 1.807) is 23.0 Å². The Morgan fingerprint density at radius 1 is 0.931 bits per heavy atom. The maximum atomic E-state index is 13.3. The molecule has 4 aromatic rings. The number of carbonyl (C=O) groups is 1. The molecule has 0 spiro atoms. The van der Waals surface area contributed by atoms with Crippen LogP contribution in [0.4, 0.5) is 4.39 Å². The van der Waals surface area contributed by atoms with Gasteiger partial charge in [0.25, 0.3) is 5.91 Å². The van der Waals surface area contributed by atoms with E-state index >= 15 is 0 Å². The minimum Gasteiger partial charge on any atom is -0.269 e. The van der Waals surface area contributed by atoms with Crippen LogP contribution in [0.2, 0.25) is 0 Å². The van der Waals surface area contributed by atoms with Crippen molar-refractivity contribution in [2.45, 2.75) is 6.61 Å². The van der Waals surface area contributed by atoms with Gasteiger partial charge >= 0.3 is 0 Å². The lowest BCUT2D eigenvalue weighted by atomic mass is 10.1. The fourth-order valence-corrected chi connectivity index (χ4v) is 2.89. The Hall–Kier alpha value is -3.77. The first-order chi connectivity index (χ1) is 14.2. The highest BCUT2D eigenvalue weighted by atomic mass is 19.1. The van der Waals surface area contributed by atoms with Crippen molar-refractivity contribution >= 4 is 5.91 Å². The van der Waals surface area contributed by atoms with Crippen LogP contribution in [-0.4, -0.2) is 15.7 Å². The lowest BCUT2D eigenvalue weighted by Gasteiger charge is -2.06. The predicted octanol–water partition coefficient (Wildman–Crippen LogP) is 4.54. The standard InChI is InChI=1S/C23H18FN3O2/c24-19-13-11-18(12-14-19)22-21(15-27(25-22)20-9-5-2-6-10-20)23(28)26-29-16-17-7-3-1-4-8-17/h1-15H,16H2,(H,26,28). The molecule has 1 N–H and O–H groups in total. The summed E-state index contributed by atoms with van der Waals surface area (Å²) in [6.45, 7) is 0.241. The number of hydrogen-bond acceptors (Lipinski definition) is 3. The second kappa shape index (κ2) is 8.50. The number of nitrogens with one attached hydrogen (secondary N) is 1. The molecule has 1 aromatic heterocycles. The molecule has 5 nitrogen and oxygen atoms in total. The predicted molar refractivity (Wildman–Crippen MR) is 108 cm³/mol. The maximum absolute atomic E-state index is 13.3. The van der Waals surface area contributed by atoms with Crippen molar-refractivity contribution in [1.82, 2.24) is 15.3 Å². The number of nitrogens with zero attached hydrogens (tertiary/aromatic N) is 2. The second-order valence-corrected chi connectivity index (χ2v) is 6.38. The fraction of sp³-hybridized carbons (Fsp3) is 0.0435. The van der Waals surface area contributed by atoms with Gasteiger partial charge in [-0.3, -0.25) is 9.63 Å². The third kappa shape index (κ3) is 4.39. The van der Waals surface area contributed by atoms with Crippen molar-refractivity contribution in [3.63, 3.8) is 0 Å². The first-order valence-electron chi connectivity index (χ1n) is 9.08. The van der Waals surface area contributed by atoms with Crippen LogP contribution in [0.3, 0.4) is 0 Å². The third-order valence-electron chi connectivity index (χ3n) is 4.34. The summed E-state index contributed by atoms with van der Waals surface area (Å²) in [5.74, 6) is -0.782. The number of carbonyl (C=O) groups excluding carboxylic acids is 1. The molecule has 0 saturated heterocycles. The summed E-state index contributed by atoms with van der Waals surface area (Å²) in [4.78, 5) is 18.1. The summed E-state index contributed by atoms with van der Waals surface area (Å²) in [5, 5.41) is 4.55. The molecule has 29 heavy (non-hydrogen) atoms. The minimum absolute atomic E-state index is 0.241. The first-order valence-corrected chi connectivity index (χ1v) is 9.08. The van der Waals surface area contributed by atoms with Gasteiger partial charge in [0.2, 0.25) is 0 Å². The molecule has 6 heteroatoms. The smallest absolute Gasteiger partial charge is 0.269 e. The van der Waals surface area contributed by atoms with Gasteiger partial charge in [0.05, 0.1) is 17.9 Å². The summed E-state index contributed by atoms with van der Waals surface area (Å²) in [5.41, 5.74) is 5.61. The van der Waals surface area contributed by atoms with Gasteiger partial charge in [0, 0.05) is 11.8 Å². The second-order valence-electron chi connectivity index (χ2n) is 6.38. The number of aromatic nitrogens is 2. The summed E-state index contributed by atoms with van der Waals surface area (Å²) < 4.78 is 15.0. The average Bonchev–Trinajstić information content (AvgIpc) is 3.21. The molecular formula is C23H18FN3O2. The Balaban J connectivity index is 1.60. The summed E-state index contributed by atoms with van der Waals surface area (Å²) in [7, 11) is 0. The van der Waals surface area contributed by atoms with E-state index in [4.69, 9.17) is 4.84 Å². The molecule has 0 fully saturated rings. The van der Waals surface area contributed by atoms with Crippen LogP contribution in [0, 0.1) is 5.82 Å². The number of rotatable bonds is 6. The molecule has 1 amide bonds.